The van der Waals surface area contributed by atoms with E-state index >= 15 is 0 Å². The molecule has 0 N–H and O–H groups in total. The van der Waals surface area contributed by atoms with Crippen molar-refractivity contribution in [2.75, 3.05) is 12.9 Å². The van der Waals surface area contributed by atoms with E-state index < -0.39 is 22.6 Å². The number of rotatable bonds is 8. The van der Waals surface area contributed by atoms with E-state index in [0.717, 1.165) is 5.56 Å². The molecule has 152 valence electrons. The zero-order valence-corrected chi connectivity index (χ0v) is 20.5. The molecule has 8 heteroatoms. The minimum Gasteiger partial charge on any atom is -0.546 e. The average molecular weight is 427 g/mol. The van der Waals surface area contributed by atoms with Crippen LogP contribution in [-0.4, -0.2) is 31.6 Å². The second kappa shape index (κ2) is 10.6. The van der Waals surface area contributed by atoms with Crippen molar-refractivity contribution in [3.8, 4) is 5.75 Å². The first-order valence-corrected chi connectivity index (χ1v) is 10.8. The van der Waals surface area contributed by atoms with Gasteiger partial charge in [-0.3, -0.25) is 0 Å². The Kier molecular flexibility index (Phi) is 9.37. The average Bonchev–Trinajstić information content (AvgIpc) is 2.59. The van der Waals surface area contributed by atoms with Gasteiger partial charge in [-0.2, -0.15) is 4.31 Å². The first kappa shape index (κ1) is 25.7. The van der Waals surface area contributed by atoms with Gasteiger partial charge >= 0.3 is 29.6 Å². The number of nitrogens with zero attached hydrogens (tertiary/aromatic N) is 1. The summed E-state index contributed by atoms with van der Waals surface area (Å²) in [5.74, 6) is -0.966. The predicted molar refractivity (Wildman–Crippen MR) is 106 cm³/mol. The van der Waals surface area contributed by atoms with Gasteiger partial charge in [0, 0.05) is 13.1 Å². The van der Waals surface area contributed by atoms with Crippen LogP contribution in [0.15, 0.2) is 48.5 Å². The van der Waals surface area contributed by atoms with Crippen LogP contribution in [0.4, 0.5) is 0 Å². The Balaban J connectivity index is 0.00000420. The van der Waals surface area contributed by atoms with Crippen LogP contribution < -0.4 is 39.4 Å². The molecule has 0 radical (unpaired) electrons. The molecule has 0 heterocycles. The molecule has 0 amide bonds. The van der Waals surface area contributed by atoms with Gasteiger partial charge in [0.25, 0.3) is 0 Å². The fourth-order valence-corrected chi connectivity index (χ4v) is 3.45. The van der Waals surface area contributed by atoms with Crippen molar-refractivity contribution in [1.82, 2.24) is 4.31 Å². The number of carboxylic acids is 1. The molecule has 2 aromatic rings. The summed E-state index contributed by atoms with van der Waals surface area (Å²) in [5.41, 5.74) is 2.80. The van der Waals surface area contributed by atoms with Crippen LogP contribution in [0.25, 0.3) is 0 Å². The fraction of sp³-hybridized carbons (Fsp3) is 0.381. The smallest absolute Gasteiger partial charge is 0.546 e. The van der Waals surface area contributed by atoms with Crippen LogP contribution in [0, 0.1) is 0 Å². The first-order valence-electron chi connectivity index (χ1n) is 8.91. The Bertz CT molecular complexity index is 921. The molecule has 0 aliphatic rings. The number of carbonyl (C=O) groups is 1. The van der Waals surface area contributed by atoms with Crippen molar-refractivity contribution < 1.29 is 52.6 Å². The summed E-state index contributed by atoms with van der Waals surface area (Å²) >= 11 is 0. The van der Waals surface area contributed by atoms with E-state index in [9.17, 15) is 18.3 Å². The van der Waals surface area contributed by atoms with Gasteiger partial charge in [0.05, 0.1) is 12.2 Å². The number of carbonyl (C=O) groups excluding carboxylic acids is 1. The van der Waals surface area contributed by atoms with Crippen LogP contribution in [0.3, 0.4) is 0 Å². The van der Waals surface area contributed by atoms with Crippen molar-refractivity contribution in [1.29, 1.82) is 0 Å². The Morgan fingerprint density at radius 3 is 2.14 bits per heavy atom. The van der Waals surface area contributed by atoms with E-state index in [1.165, 1.54) is 16.1 Å². The number of aliphatic carboxylic acids is 1. The van der Waals surface area contributed by atoms with Gasteiger partial charge in [-0.15, -0.1) is 0 Å². The molecular weight excluding hydrogens is 401 g/mol. The molecule has 0 spiro atoms. The summed E-state index contributed by atoms with van der Waals surface area (Å²) in [7, 11) is -3.45. The van der Waals surface area contributed by atoms with E-state index in [0.29, 0.717) is 11.3 Å². The summed E-state index contributed by atoms with van der Waals surface area (Å²) in [6, 6.07) is 14.6. The molecule has 0 aliphatic carbocycles. The number of hydrogen-bond acceptors (Lipinski definition) is 5. The second-order valence-corrected chi connectivity index (χ2v) is 9.77. The van der Waals surface area contributed by atoms with Crippen LogP contribution in [-0.2, 0) is 33.3 Å². The number of hydrogen-bond donors (Lipinski definition) is 0. The zero-order chi connectivity index (χ0) is 20.9. The Labute approximate surface area is 195 Å². The molecule has 0 aliphatic heterocycles. The van der Waals surface area contributed by atoms with Gasteiger partial charge in [0.2, 0.25) is 10.0 Å². The topological polar surface area (TPSA) is 86.7 Å². The first-order chi connectivity index (χ1) is 12.9. The van der Waals surface area contributed by atoms with Crippen molar-refractivity contribution in [3.63, 3.8) is 0 Å². The Morgan fingerprint density at radius 1 is 1.03 bits per heavy atom. The van der Waals surface area contributed by atoms with Crippen molar-refractivity contribution in [2.24, 2.45) is 0 Å². The molecule has 0 bridgehead atoms. The number of ether oxygens (including phenoxy) is 1. The van der Waals surface area contributed by atoms with E-state index in [1.807, 2.05) is 24.3 Å². The summed E-state index contributed by atoms with van der Waals surface area (Å²) < 4.78 is 31.0. The maximum Gasteiger partial charge on any atom is 1.00 e. The normalized spacial score (nSPS) is 11.8. The molecule has 0 saturated carbocycles. The van der Waals surface area contributed by atoms with Crippen LogP contribution in [0.5, 0.6) is 5.75 Å². The third kappa shape index (κ3) is 8.48. The van der Waals surface area contributed by atoms with Crippen molar-refractivity contribution in [2.45, 2.75) is 39.3 Å². The molecule has 0 atom stereocenters. The Hall–Kier alpha value is -1.38. The molecule has 6 nitrogen and oxygen atoms in total. The molecule has 2 aromatic carbocycles. The zero-order valence-electron chi connectivity index (χ0n) is 17.6. The van der Waals surface area contributed by atoms with Gasteiger partial charge in [-0.05, 0) is 34.2 Å². The molecule has 0 unspecified atom stereocenters. The Morgan fingerprint density at radius 2 is 1.62 bits per heavy atom. The molecule has 0 saturated heterocycles. The number of carboxylic acid groups (broad SMARTS) is 1. The molecule has 0 fully saturated rings. The quantitative estimate of drug-likeness (QED) is 0.509. The largest absolute Gasteiger partial charge is 1.00 e. The standard InChI is InChI=1S/C21H27NO5S.Na/c1-21(2,3)18-10-8-16(9-11-18)13-22(28(4,25)26)14-17-6-5-7-19(12-17)27-15-20(23)24;/h5-12H,13-15H2,1-4H3,(H,23,24);/q;+1/p-1. The molecule has 29 heavy (non-hydrogen) atoms. The maximum absolute atomic E-state index is 12.3. The molecule has 0 aromatic heterocycles. The third-order valence-electron chi connectivity index (χ3n) is 4.26. The number of sulfonamides is 1. The van der Waals surface area contributed by atoms with E-state index in [1.54, 1.807) is 24.3 Å². The minimum atomic E-state index is -3.45. The molecule has 2 rings (SSSR count). The second-order valence-electron chi connectivity index (χ2n) is 7.79. The van der Waals surface area contributed by atoms with Crippen molar-refractivity contribution >= 4 is 16.0 Å². The number of benzene rings is 2. The van der Waals surface area contributed by atoms with Crippen LogP contribution in [0.1, 0.15) is 37.5 Å². The maximum atomic E-state index is 12.3. The minimum absolute atomic E-state index is 0. The van der Waals surface area contributed by atoms with E-state index in [4.69, 9.17) is 4.74 Å². The summed E-state index contributed by atoms with van der Waals surface area (Å²) in [5, 5.41) is 10.5. The van der Waals surface area contributed by atoms with Gasteiger partial charge in [0.15, 0.2) is 0 Å². The van der Waals surface area contributed by atoms with Gasteiger partial charge in [-0.1, -0.05) is 57.2 Å². The van der Waals surface area contributed by atoms with Crippen molar-refractivity contribution in [3.05, 3.63) is 65.2 Å². The monoisotopic (exact) mass is 427 g/mol. The fourth-order valence-electron chi connectivity index (χ4n) is 2.68. The van der Waals surface area contributed by atoms with Gasteiger partial charge in [-0.25, -0.2) is 8.42 Å². The van der Waals surface area contributed by atoms with E-state index in [2.05, 4.69) is 20.8 Å². The van der Waals surface area contributed by atoms with Gasteiger partial charge in [0.1, 0.15) is 12.4 Å². The summed E-state index contributed by atoms with van der Waals surface area (Å²) in [4.78, 5) is 10.5. The summed E-state index contributed by atoms with van der Waals surface area (Å²) in [6.07, 6.45) is 1.17. The van der Waals surface area contributed by atoms with Crippen LogP contribution in [0.2, 0.25) is 0 Å². The molecular formula is C21H26NNaO5S. The summed E-state index contributed by atoms with van der Waals surface area (Å²) in [6.45, 7) is 6.22. The van der Waals surface area contributed by atoms with Gasteiger partial charge < -0.3 is 14.6 Å². The predicted octanol–water partition coefficient (Wildman–Crippen LogP) is -0.921. The van der Waals surface area contributed by atoms with E-state index in [-0.39, 0.29) is 48.1 Å². The van der Waals surface area contributed by atoms with Crippen LogP contribution >= 0.6 is 0 Å². The SMILES string of the molecule is CC(C)(C)c1ccc(CN(Cc2cccc(OCC(=O)[O-])c2)S(C)(=O)=O)cc1.[Na+]. The third-order valence-corrected chi connectivity index (χ3v) is 5.46.